The average molecular weight is 306 g/mol. The maximum atomic E-state index is 12.2. The second-order valence-corrected chi connectivity index (χ2v) is 6.05. The molecule has 124 valence electrons. The lowest BCUT2D eigenvalue weighted by atomic mass is 10.2. The molecular weight excluding hydrogens is 276 g/mol. The Balaban J connectivity index is 2.47. The van der Waals surface area contributed by atoms with Crippen molar-refractivity contribution in [3.63, 3.8) is 0 Å². The summed E-state index contributed by atoms with van der Waals surface area (Å²) in [6, 6.07) is 10.7. The van der Waals surface area contributed by atoms with Crippen molar-refractivity contribution in [2.24, 2.45) is 0 Å². The van der Waals surface area contributed by atoms with Gasteiger partial charge in [-0.3, -0.25) is 4.90 Å². The molecule has 0 bridgehead atoms. The van der Waals surface area contributed by atoms with E-state index in [1.165, 1.54) is 0 Å². The monoisotopic (exact) mass is 306 g/mol. The van der Waals surface area contributed by atoms with E-state index in [4.69, 9.17) is 4.74 Å². The minimum atomic E-state index is -0.237. The van der Waals surface area contributed by atoms with E-state index in [2.05, 4.69) is 32.6 Å². The van der Waals surface area contributed by atoms with Gasteiger partial charge in [-0.1, -0.05) is 30.3 Å². The molecule has 1 rings (SSSR count). The fourth-order valence-electron chi connectivity index (χ4n) is 2.54. The number of likely N-dealkylation sites (N-methyl/N-ethyl adjacent to an activating group) is 1. The zero-order valence-electron chi connectivity index (χ0n) is 14.6. The summed E-state index contributed by atoms with van der Waals surface area (Å²) in [5.74, 6) is 0. The van der Waals surface area contributed by atoms with Gasteiger partial charge < -0.3 is 9.64 Å². The Labute approximate surface area is 135 Å². The largest absolute Gasteiger partial charge is 0.445 e. The van der Waals surface area contributed by atoms with E-state index in [9.17, 15) is 4.79 Å². The normalized spacial score (nSPS) is 11.3. The summed E-state index contributed by atoms with van der Waals surface area (Å²) < 4.78 is 5.40. The lowest BCUT2D eigenvalue weighted by Gasteiger charge is -2.32. The lowest BCUT2D eigenvalue weighted by molar-refractivity contribution is 0.0866. The fraction of sp³-hybridized carbons (Fsp3) is 0.611. The first-order valence-electron chi connectivity index (χ1n) is 8.17. The fourth-order valence-corrected chi connectivity index (χ4v) is 2.54. The van der Waals surface area contributed by atoms with Gasteiger partial charge in [0.15, 0.2) is 0 Å². The van der Waals surface area contributed by atoms with E-state index < -0.39 is 0 Å². The molecule has 0 spiro atoms. The maximum absolute atomic E-state index is 12.2. The summed E-state index contributed by atoms with van der Waals surface area (Å²) in [6.45, 7) is 13.3. The van der Waals surface area contributed by atoms with Crippen molar-refractivity contribution < 1.29 is 9.53 Å². The number of rotatable bonds is 8. The van der Waals surface area contributed by atoms with Crippen LogP contribution in [0, 0.1) is 0 Å². The van der Waals surface area contributed by atoms with Gasteiger partial charge in [-0.2, -0.15) is 0 Å². The first-order valence-corrected chi connectivity index (χ1v) is 8.17. The van der Waals surface area contributed by atoms with Crippen LogP contribution in [0.25, 0.3) is 0 Å². The topological polar surface area (TPSA) is 32.8 Å². The van der Waals surface area contributed by atoms with Crippen LogP contribution in [-0.4, -0.2) is 47.6 Å². The molecule has 0 heterocycles. The molecule has 4 heteroatoms. The van der Waals surface area contributed by atoms with Gasteiger partial charge in [-0.05, 0) is 40.2 Å². The Hall–Kier alpha value is -1.55. The Morgan fingerprint density at radius 3 is 2.14 bits per heavy atom. The highest BCUT2D eigenvalue weighted by Crippen LogP contribution is 2.07. The number of hydrogen-bond donors (Lipinski definition) is 0. The van der Waals surface area contributed by atoms with Crippen LogP contribution >= 0.6 is 0 Å². The standard InChI is InChI=1S/C18H30N2O2/c1-6-19(12-13-20(15(2)3)16(4)5)18(21)22-14-17-10-8-7-9-11-17/h7-11,15-16H,6,12-14H2,1-5H3. The third kappa shape index (κ3) is 6.06. The quantitative estimate of drug-likeness (QED) is 0.733. The van der Waals surface area contributed by atoms with E-state index in [1.807, 2.05) is 37.3 Å². The second kappa shape index (κ2) is 9.46. The maximum Gasteiger partial charge on any atom is 0.410 e. The molecule has 0 radical (unpaired) electrons. The number of benzene rings is 1. The Morgan fingerprint density at radius 1 is 1.05 bits per heavy atom. The van der Waals surface area contributed by atoms with Crippen LogP contribution in [0.5, 0.6) is 0 Å². The number of carbonyl (C=O) groups excluding carboxylic acids is 1. The van der Waals surface area contributed by atoms with E-state index in [1.54, 1.807) is 4.90 Å². The van der Waals surface area contributed by atoms with Crippen molar-refractivity contribution in [1.82, 2.24) is 9.80 Å². The summed E-state index contributed by atoms with van der Waals surface area (Å²) in [7, 11) is 0. The molecule has 1 amide bonds. The summed E-state index contributed by atoms with van der Waals surface area (Å²) in [6.07, 6.45) is -0.237. The van der Waals surface area contributed by atoms with E-state index in [-0.39, 0.29) is 6.09 Å². The van der Waals surface area contributed by atoms with Crippen molar-refractivity contribution in [2.75, 3.05) is 19.6 Å². The first-order chi connectivity index (χ1) is 10.5. The van der Waals surface area contributed by atoms with Gasteiger partial charge in [0.1, 0.15) is 6.61 Å². The molecule has 0 fully saturated rings. The Morgan fingerprint density at radius 2 is 1.64 bits per heavy atom. The van der Waals surface area contributed by atoms with Crippen LogP contribution in [-0.2, 0) is 11.3 Å². The van der Waals surface area contributed by atoms with Gasteiger partial charge in [0.2, 0.25) is 0 Å². The number of ether oxygens (including phenoxy) is 1. The minimum Gasteiger partial charge on any atom is -0.445 e. The van der Waals surface area contributed by atoms with Crippen molar-refractivity contribution in [3.05, 3.63) is 35.9 Å². The van der Waals surface area contributed by atoms with Crippen LogP contribution in [0.2, 0.25) is 0 Å². The van der Waals surface area contributed by atoms with E-state index in [0.717, 1.165) is 12.1 Å². The number of amides is 1. The summed E-state index contributed by atoms with van der Waals surface area (Å²) in [5.41, 5.74) is 1.01. The molecule has 22 heavy (non-hydrogen) atoms. The van der Waals surface area contributed by atoms with Crippen molar-refractivity contribution >= 4 is 6.09 Å². The van der Waals surface area contributed by atoms with Gasteiger partial charge >= 0.3 is 6.09 Å². The first kappa shape index (κ1) is 18.5. The minimum absolute atomic E-state index is 0.237. The van der Waals surface area contributed by atoms with Crippen LogP contribution in [0.1, 0.15) is 40.2 Å². The van der Waals surface area contributed by atoms with Crippen molar-refractivity contribution in [2.45, 2.75) is 53.3 Å². The molecule has 0 N–H and O–H groups in total. The lowest BCUT2D eigenvalue weighted by Crippen LogP contribution is -2.44. The number of carbonyl (C=O) groups is 1. The summed E-state index contributed by atoms with van der Waals surface area (Å²) in [4.78, 5) is 16.3. The number of nitrogens with zero attached hydrogens (tertiary/aromatic N) is 2. The van der Waals surface area contributed by atoms with Crippen LogP contribution < -0.4 is 0 Å². The van der Waals surface area contributed by atoms with Crippen LogP contribution in [0.3, 0.4) is 0 Å². The average Bonchev–Trinajstić information content (AvgIpc) is 2.49. The van der Waals surface area contributed by atoms with Gasteiger partial charge in [0.25, 0.3) is 0 Å². The molecule has 4 nitrogen and oxygen atoms in total. The Bertz CT molecular complexity index is 424. The number of hydrogen-bond acceptors (Lipinski definition) is 3. The summed E-state index contributed by atoms with van der Waals surface area (Å²) >= 11 is 0. The molecule has 0 aliphatic rings. The van der Waals surface area contributed by atoms with Crippen molar-refractivity contribution in [3.8, 4) is 0 Å². The van der Waals surface area contributed by atoms with Crippen LogP contribution in [0.4, 0.5) is 4.79 Å². The molecule has 1 aromatic rings. The predicted molar refractivity (Wildman–Crippen MR) is 90.9 cm³/mol. The Kier molecular flexibility index (Phi) is 7.96. The smallest absolute Gasteiger partial charge is 0.410 e. The molecule has 0 saturated carbocycles. The highest BCUT2D eigenvalue weighted by Gasteiger charge is 2.18. The van der Waals surface area contributed by atoms with Crippen LogP contribution in [0.15, 0.2) is 30.3 Å². The van der Waals surface area contributed by atoms with E-state index in [0.29, 0.717) is 31.8 Å². The highest BCUT2D eigenvalue weighted by molar-refractivity contribution is 5.67. The third-order valence-corrected chi connectivity index (χ3v) is 3.80. The molecular formula is C18H30N2O2. The molecule has 0 saturated heterocycles. The van der Waals surface area contributed by atoms with E-state index >= 15 is 0 Å². The van der Waals surface area contributed by atoms with Crippen molar-refractivity contribution in [1.29, 1.82) is 0 Å². The molecule has 0 aliphatic heterocycles. The van der Waals surface area contributed by atoms with Gasteiger partial charge in [0, 0.05) is 31.7 Å². The van der Waals surface area contributed by atoms with Gasteiger partial charge in [-0.15, -0.1) is 0 Å². The zero-order valence-corrected chi connectivity index (χ0v) is 14.6. The molecule has 0 aromatic heterocycles. The van der Waals surface area contributed by atoms with Gasteiger partial charge in [0.05, 0.1) is 0 Å². The SMILES string of the molecule is CCN(CCN(C(C)C)C(C)C)C(=O)OCc1ccccc1. The third-order valence-electron chi connectivity index (χ3n) is 3.80. The predicted octanol–water partition coefficient (Wildman–Crippen LogP) is 3.76. The molecule has 1 aromatic carbocycles. The zero-order chi connectivity index (χ0) is 16.5. The second-order valence-electron chi connectivity index (χ2n) is 6.05. The highest BCUT2D eigenvalue weighted by atomic mass is 16.6. The molecule has 0 aliphatic carbocycles. The molecule has 0 unspecified atom stereocenters. The van der Waals surface area contributed by atoms with Gasteiger partial charge in [-0.25, -0.2) is 4.79 Å². The molecule has 0 atom stereocenters. The summed E-state index contributed by atoms with van der Waals surface area (Å²) in [5, 5.41) is 0.